The molecule has 0 amide bonds. The maximum Gasteiger partial charge on any atom is -0.147 e. The minimum absolute atomic E-state index is 0. The fraction of sp³-hybridized carbons (Fsp3) is 0.378. The van der Waals surface area contributed by atoms with Crippen molar-refractivity contribution in [3.63, 3.8) is 0 Å². The Morgan fingerprint density at radius 3 is 1.21 bits per heavy atom. The Bertz CT molecular complexity index is 1660. The summed E-state index contributed by atoms with van der Waals surface area (Å²) in [7, 11) is 0. The van der Waals surface area contributed by atoms with E-state index >= 15 is 0 Å². The summed E-state index contributed by atoms with van der Waals surface area (Å²) in [5.74, 6) is 1.57. The maximum atomic E-state index is 2.79. The monoisotopic (exact) mass is 840 g/mol. The first kappa shape index (κ1) is 34.3. The minimum Gasteiger partial charge on any atom is -0.147 e. The predicted octanol–water partition coefficient (Wildman–Crippen LogP) is 14.0. The molecule has 9 rings (SSSR count). The van der Waals surface area contributed by atoms with Crippen LogP contribution in [0, 0.1) is 11.8 Å². The topological polar surface area (TPSA) is 0 Å². The van der Waals surface area contributed by atoms with E-state index in [-0.39, 0.29) is 24.8 Å². The molecule has 4 aromatic rings. The van der Waals surface area contributed by atoms with Crippen molar-refractivity contribution in [3.05, 3.63) is 130 Å². The summed E-state index contributed by atoms with van der Waals surface area (Å²) < 4.78 is 4.62. The second kappa shape index (κ2) is 14.6. The van der Waals surface area contributed by atoms with Gasteiger partial charge in [0, 0.05) is 0 Å². The van der Waals surface area contributed by atoms with E-state index in [0.717, 1.165) is 19.2 Å². The Morgan fingerprint density at radius 1 is 0.417 bits per heavy atom. The van der Waals surface area contributed by atoms with Crippen molar-refractivity contribution in [2.24, 2.45) is 11.8 Å². The molecule has 1 heterocycles. The number of hydrogen-bond donors (Lipinski definition) is 0. The largest absolute Gasteiger partial charge is 0.147 e. The average molecular weight is 840 g/mol. The molecule has 1 aliphatic heterocycles. The van der Waals surface area contributed by atoms with Crippen LogP contribution in [0.15, 0.2) is 108 Å². The molecule has 2 atom stereocenters. The fourth-order valence-corrected chi connectivity index (χ4v) is 33.7. The first-order valence-corrected chi connectivity index (χ1v) is 27.8. The van der Waals surface area contributed by atoms with Gasteiger partial charge in [-0.1, -0.05) is 0 Å². The number of benzene rings is 4. The third kappa shape index (κ3) is 5.78. The number of fused-ring (bicyclic) bond motifs is 2. The molecule has 4 aliphatic carbocycles. The molecule has 0 spiro atoms. The van der Waals surface area contributed by atoms with Crippen molar-refractivity contribution in [1.82, 2.24) is 0 Å². The van der Waals surface area contributed by atoms with Crippen LogP contribution in [0.2, 0.25) is 8.35 Å². The summed E-state index contributed by atoms with van der Waals surface area (Å²) in [5, 5.41) is 0. The molecular formula is C45H50Cl2Hf. The van der Waals surface area contributed by atoms with Gasteiger partial charge in [-0.2, -0.15) is 0 Å². The zero-order valence-electron chi connectivity index (χ0n) is 28.2. The van der Waals surface area contributed by atoms with Gasteiger partial charge < -0.3 is 0 Å². The number of allylic oxidation sites excluding steroid dienone is 2. The Kier molecular flexibility index (Phi) is 10.4. The standard InChI is InChI=1S/2C21H21.C3H6.2ClH.Hf/c2*1-3-8-16(9-4-1)19-14-18-12-7-13-20(21(18)15-19)17-10-5-2-6-11-17;1-3-2;;;/h2*2,5-7,10-16H,1,3-4,8-9H2;1-3H2;2*1H;. The van der Waals surface area contributed by atoms with Crippen LogP contribution in [0.4, 0.5) is 0 Å². The van der Waals surface area contributed by atoms with Crippen LogP contribution >= 0.6 is 24.8 Å². The van der Waals surface area contributed by atoms with Gasteiger partial charge in [0.25, 0.3) is 0 Å². The molecule has 0 radical (unpaired) electrons. The Morgan fingerprint density at radius 2 is 0.833 bits per heavy atom. The molecule has 0 nitrogen and oxygen atoms in total. The summed E-state index contributed by atoms with van der Waals surface area (Å²) in [5.41, 5.74) is 16.2. The molecule has 3 heteroatoms. The fourth-order valence-electron chi connectivity index (χ4n) is 10.8. The van der Waals surface area contributed by atoms with Crippen molar-refractivity contribution in [1.29, 1.82) is 0 Å². The van der Waals surface area contributed by atoms with Gasteiger partial charge in [-0.05, 0) is 0 Å². The molecule has 2 unspecified atom stereocenters. The molecule has 48 heavy (non-hydrogen) atoms. The van der Waals surface area contributed by atoms with E-state index in [2.05, 4.69) is 109 Å². The van der Waals surface area contributed by atoms with E-state index in [1.165, 1.54) is 92.9 Å². The molecule has 0 N–H and O–H groups in total. The Labute approximate surface area is 305 Å². The third-order valence-corrected chi connectivity index (χ3v) is 35.1. The van der Waals surface area contributed by atoms with Crippen molar-refractivity contribution in [3.8, 4) is 22.3 Å². The maximum absolute atomic E-state index is 3.13. The molecule has 4 aromatic carbocycles. The summed E-state index contributed by atoms with van der Waals surface area (Å²) in [4.78, 5) is 0. The summed E-state index contributed by atoms with van der Waals surface area (Å²) in [6.07, 6.45) is 21.2. The zero-order chi connectivity index (χ0) is 30.5. The van der Waals surface area contributed by atoms with E-state index < -0.39 is 20.0 Å². The van der Waals surface area contributed by atoms with Crippen LogP contribution in [-0.4, -0.2) is 0 Å². The smallest absolute Gasteiger partial charge is 0.147 e. The van der Waals surface area contributed by atoms with E-state index in [4.69, 9.17) is 0 Å². The molecule has 0 bridgehead atoms. The van der Waals surface area contributed by atoms with Gasteiger partial charge in [-0.25, -0.2) is 0 Å². The minimum atomic E-state index is -3.13. The number of hydrogen-bond acceptors (Lipinski definition) is 0. The SMILES string of the molecule is C1=C(C2CCCCC2)[CH]([Hf]2([CH]3C(C4CCCCC4)=Cc4c(-c5ccccc5)cccc43)[CH2]C[CH2]2)c2cccc(-c3ccccc3)c21.Cl.Cl. The first-order chi connectivity index (χ1) is 22.8. The van der Waals surface area contributed by atoms with Crippen molar-refractivity contribution < 1.29 is 20.0 Å². The van der Waals surface area contributed by atoms with Gasteiger partial charge in [-0.15, -0.1) is 24.8 Å². The van der Waals surface area contributed by atoms with Crippen LogP contribution in [0.3, 0.4) is 0 Å². The van der Waals surface area contributed by atoms with E-state index in [1.54, 1.807) is 30.6 Å². The molecule has 0 aromatic heterocycles. The normalized spacial score (nSPS) is 23.1. The molecule has 1 saturated heterocycles. The molecule has 5 aliphatic rings. The van der Waals surface area contributed by atoms with Gasteiger partial charge in [0.15, 0.2) is 0 Å². The van der Waals surface area contributed by atoms with Gasteiger partial charge >= 0.3 is 283 Å². The van der Waals surface area contributed by atoms with Crippen LogP contribution < -0.4 is 0 Å². The van der Waals surface area contributed by atoms with Crippen LogP contribution in [0.1, 0.15) is 100 Å². The van der Waals surface area contributed by atoms with Gasteiger partial charge in [0.1, 0.15) is 0 Å². The van der Waals surface area contributed by atoms with E-state index in [1.807, 2.05) is 11.1 Å². The Balaban J connectivity index is 0.00000182. The summed E-state index contributed by atoms with van der Waals surface area (Å²) >= 11 is -3.13. The van der Waals surface area contributed by atoms with Crippen LogP contribution in [0.5, 0.6) is 0 Å². The van der Waals surface area contributed by atoms with Crippen molar-refractivity contribution in [2.45, 2.75) is 86.3 Å². The molecule has 2 saturated carbocycles. The Hall–Kier alpha value is -2.19. The van der Waals surface area contributed by atoms with E-state index in [0.29, 0.717) is 0 Å². The van der Waals surface area contributed by atoms with Gasteiger partial charge in [0.05, 0.1) is 0 Å². The molecule has 3 fully saturated rings. The van der Waals surface area contributed by atoms with Gasteiger partial charge in [0.2, 0.25) is 0 Å². The zero-order valence-corrected chi connectivity index (χ0v) is 33.4. The van der Waals surface area contributed by atoms with E-state index in [9.17, 15) is 0 Å². The summed E-state index contributed by atoms with van der Waals surface area (Å²) in [6, 6.07) is 37.4. The van der Waals surface area contributed by atoms with Crippen molar-refractivity contribution >= 4 is 37.0 Å². The second-order valence-corrected chi connectivity index (χ2v) is 31.9. The van der Waals surface area contributed by atoms with Crippen molar-refractivity contribution in [2.75, 3.05) is 0 Å². The quantitative estimate of drug-likeness (QED) is 0.170. The van der Waals surface area contributed by atoms with Crippen LogP contribution in [-0.2, 0) is 20.0 Å². The predicted molar refractivity (Wildman–Crippen MR) is 207 cm³/mol. The molecule has 248 valence electrons. The third-order valence-electron chi connectivity index (χ3n) is 12.9. The second-order valence-electron chi connectivity index (χ2n) is 15.3. The van der Waals surface area contributed by atoms with Gasteiger partial charge in [-0.3, -0.25) is 0 Å². The number of halogens is 2. The number of rotatable bonds is 6. The average Bonchev–Trinajstić information content (AvgIpc) is 3.70. The summed E-state index contributed by atoms with van der Waals surface area (Å²) in [6.45, 7) is 0. The molecular weight excluding hydrogens is 790 g/mol. The van der Waals surface area contributed by atoms with Crippen LogP contribution in [0.25, 0.3) is 34.4 Å². The first-order valence-electron chi connectivity index (χ1n) is 18.6.